The number of aromatic nitrogens is 5. The summed E-state index contributed by atoms with van der Waals surface area (Å²) in [7, 11) is 0. The lowest BCUT2D eigenvalue weighted by molar-refractivity contribution is 0.762. The van der Waals surface area contributed by atoms with Crippen molar-refractivity contribution in [3.8, 4) is 11.5 Å². The zero-order chi connectivity index (χ0) is 9.80. The molecule has 2 rings (SSSR count). The van der Waals surface area contributed by atoms with E-state index in [1.807, 2.05) is 12.1 Å². The molecule has 0 spiro atoms. The fraction of sp³-hybridized carbons (Fsp3) is 0.125. The van der Waals surface area contributed by atoms with Gasteiger partial charge in [-0.05, 0) is 12.1 Å². The first-order valence-electron chi connectivity index (χ1n) is 4.08. The molecule has 14 heavy (non-hydrogen) atoms. The molecule has 0 saturated heterocycles. The standard InChI is InChI=1S/C8H8N6/c9-5-7-11-13-8(14-12-7)6-3-1-2-4-10-6/h1-4H,5,9H2. The van der Waals surface area contributed by atoms with Crippen molar-refractivity contribution < 1.29 is 0 Å². The summed E-state index contributed by atoms with van der Waals surface area (Å²) in [5.41, 5.74) is 5.97. The van der Waals surface area contributed by atoms with Gasteiger partial charge in [0.2, 0.25) is 5.82 Å². The lowest BCUT2D eigenvalue weighted by Gasteiger charge is -1.96. The minimum Gasteiger partial charge on any atom is -0.324 e. The Labute approximate surface area is 80.2 Å². The van der Waals surface area contributed by atoms with Crippen LogP contribution in [0.15, 0.2) is 24.4 Å². The highest BCUT2D eigenvalue weighted by atomic mass is 15.3. The van der Waals surface area contributed by atoms with Crippen LogP contribution in [0.3, 0.4) is 0 Å². The molecule has 0 amide bonds. The van der Waals surface area contributed by atoms with Crippen molar-refractivity contribution in [3.05, 3.63) is 30.2 Å². The highest BCUT2D eigenvalue weighted by Gasteiger charge is 2.03. The second-order valence-electron chi connectivity index (χ2n) is 2.56. The number of hydrogen-bond acceptors (Lipinski definition) is 6. The van der Waals surface area contributed by atoms with Gasteiger partial charge in [-0.1, -0.05) is 6.07 Å². The summed E-state index contributed by atoms with van der Waals surface area (Å²) in [6.07, 6.45) is 1.66. The van der Waals surface area contributed by atoms with Gasteiger partial charge >= 0.3 is 0 Å². The number of nitrogens with zero attached hydrogens (tertiary/aromatic N) is 5. The Hall–Kier alpha value is -1.95. The Morgan fingerprint density at radius 1 is 1.07 bits per heavy atom. The van der Waals surface area contributed by atoms with Gasteiger partial charge < -0.3 is 5.73 Å². The third-order valence-corrected chi connectivity index (χ3v) is 1.60. The second kappa shape index (κ2) is 3.84. The van der Waals surface area contributed by atoms with E-state index >= 15 is 0 Å². The van der Waals surface area contributed by atoms with Crippen LogP contribution in [0.4, 0.5) is 0 Å². The molecule has 70 valence electrons. The monoisotopic (exact) mass is 188 g/mol. The first-order chi connectivity index (χ1) is 6.90. The zero-order valence-electron chi connectivity index (χ0n) is 7.33. The minimum absolute atomic E-state index is 0.239. The summed E-state index contributed by atoms with van der Waals surface area (Å²) < 4.78 is 0. The fourth-order valence-corrected chi connectivity index (χ4v) is 0.929. The predicted molar refractivity (Wildman–Crippen MR) is 48.7 cm³/mol. The molecular weight excluding hydrogens is 180 g/mol. The average Bonchev–Trinajstić information content (AvgIpc) is 2.30. The van der Waals surface area contributed by atoms with Crippen molar-refractivity contribution in [1.29, 1.82) is 0 Å². The SMILES string of the molecule is NCc1nnc(-c2ccccn2)nn1. The Balaban J connectivity index is 2.34. The van der Waals surface area contributed by atoms with Crippen molar-refractivity contribution in [2.75, 3.05) is 0 Å². The van der Waals surface area contributed by atoms with Gasteiger partial charge in [0.15, 0.2) is 5.82 Å². The Morgan fingerprint density at radius 2 is 1.86 bits per heavy atom. The van der Waals surface area contributed by atoms with E-state index in [1.165, 1.54) is 0 Å². The lowest BCUT2D eigenvalue weighted by Crippen LogP contribution is -2.07. The van der Waals surface area contributed by atoms with E-state index < -0.39 is 0 Å². The van der Waals surface area contributed by atoms with Crippen LogP contribution >= 0.6 is 0 Å². The number of nitrogens with two attached hydrogens (primary N) is 1. The van der Waals surface area contributed by atoms with Crippen LogP contribution in [-0.4, -0.2) is 25.4 Å². The van der Waals surface area contributed by atoms with Crippen molar-refractivity contribution in [2.24, 2.45) is 5.73 Å². The van der Waals surface area contributed by atoms with Crippen LogP contribution in [0.2, 0.25) is 0 Å². The Bertz CT molecular complexity index is 398. The third kappa shape index (κ3) is 1.69. The number of pyridine rings is 1. The first kappa shape index (κ1) is 8.64. The molecule has 0 bridgehead atoms. The van der Waals surface area contributed by atoms with E-state index in [0.717, 1.165) is 0 Å². The summed E-state index contributed by atoms with van der Waals surface area (Å²) in [6.45, 7) is 0.239. The van der Waals surface area contributed by atoms with Crippen LogP contribution in [-0.2, 0) is 6.54 Å². The highest BCUT2D eigenvalue weighted by Crippen LogP contribution is 2.06. The van der Waals surface area contributed by atoms with Gasteiger partial charge in [0.05, 0.1) is 6.54 Å². The van der Waals surface area contributed by atoms with Gasteiger partial charge in [-0.2, -0.15) is 0 Å². The molecule has 2 heterocycles. The van der Waals surface area contributed by atoms with Gasteiger partial charge in [0.25, 0.3) is 0 Å². The van der Waals surface area contributed by atoms with Crippen LogP contribution in [0.5, 0.6) is 0 Å². The summed E-state index contributed by atoms with van der Waals surface area (Å²) in [5, 5.41) is 15.3. The molecule has 2 aromatic heterocycles. The smallest absolute Gasteiger partial charge is 0.221 e. The van der Waals surface area contributed by atoms with Crippen LogP contribution in [0.25, 0.3) is 11.5 Å². The molecule has 0 radical (unpaired) electrons. The summed E-state index contributed by atoms with van der Waals surface area (Å²) in [6, 6.07) is 5.46. The zero-order valence-corrected chi connectivity index (χ0v) is 7.33. The molecular formula is C8H8N6. The Kier molecular flexibility index (Phi) is 2.37. The maximum absolute atomic E-state index is 5.32. The van der Waals surface area contributed by atoms with Crippen molar-refractivity contribution in [1.82, 2.24) is 25.4 Å². The molecule has 2 N–H and O–H groups in total. The largest absolute Gasteiger partial charge is 0.324 e. The normalized spacial score (nSPS) is 10.1. The van der Waals surface area contributed by atoms with Crippen molar-refractivity contribution >= 4 is 0 Å². The predicted octanol–water partition coefficient (Wildman–Crippen LogP) is -0.213. The van der Waals surface area contributed by atoms with E-state index in [-0.39, 0.29) is 6.54 Å². The van der Waals surface area contributed by atoms with Crippen LogP contribution < -0.4 is 5.73 Å². The molecule has 2 aromatic rings. The fourth-order valence-electron chi connectivity index (χ4n) is 0.929. The topological polar surface area (TPSA) is 90.5 Å². The Morgan fingerprint density at radius 3 is 2.43 bits per heavy atom. The second-order valence-corrected chi connectivity index (χ2v) is 2.56. The van der Waals surface area contributed by atoms with Gasteiger partial charge in [0, 0.05) is 6.20 Å². The molecule has 0 unspecified atom stereocenters. The van der Waals surface area contributed by atoms with Gasteiger partial charge in [0.1, 0.15) is 5.69 Å². The number of rotatable bonds is 2. The molecule has 0 aromatic carbocycles. The van der Waals surface area contributed by atoms with E-state index in [9.17, 15) is 0 Å². The van der Waals surface area contributed by atoms with E-state index in [2.05, 4.69) is 25.4 Å². The first-order valence-corrected chi connectivity index (χ1v) is 4.08. The molecule has 0 aliphatic rings. The van der Waals surface area contributed by atoms with E-state index in [4.69, 9.17) is 5.73 Å². The molecule has 0 aliphatic heterocycles. The molecule has 0 atom stereocenters. The average molecular weight is 188 g/mol. The van der Waals surface area contributed by atoms with Crippen LogP contribution in [0, 0.1) is 0 Å². The maximum atomic E-state index is 5.32. The van der Waals surface area contributed by atoms with E-state index in [0.29, 0.717) is 17.3 Å². The quantitative estimate of drug-likeness (QED) is 0.701. The highest BCUT2D eigenvalue weighted by molar-refractivity contribution is 5.46. The minimum atomic E-state index is 0.239. The molecule has 0 fully saturated rings. The van der Waals surface area contributed by atoms with Crippen LogP contribution in [0.1, 0.15) is 5.82 Å². The molecule has 6 nitrogen and oxygen atoms in total. The summed E-state index contributed by atoms with van der Waals surface area (Å²) >= 11 is 0. The molecule has 0 saturated carbocycles. The molecule has 6 heteroatoms. The van der Waals surface area contributed by atoms with Gasteiger partial charge in [-0.25, -0.2) is 0 Å². The van der Waals surface area contributed by atoms with E-state index in [1.54, 1.807) is 12.3 Å². The molecule has 0 aliphatic carbocycles. The summed E-state index contributed by atoms with van der Waals surface area (Å²) in [4.78, 5) is 4.07. The van der Waals surface area contributed by atoms with Gasteiger partial charge in [-0.15, -0.1) is 20.4 Å². The lowest BCUT2D eigenvalue weighted by atomic mass is 10.3. The van der Waals surface area contributed by atoms with Crippen molar-refractivity contribution in [3.63, 3.8) is 0 Å². The third-order valence-electron chi connectivity index (χ3n) is 1.60. The maximum Gasteiger partial charge on any atom is 0.221 e. The van der Waals surface area contributed by atoms with Crippen molar-refractivity contribution in [2.45, 2.75) is 6.54 Å². The van der Waals surface area contributed by atoms with Gasteiger partial charge in [-0.3, -0.25) is 4.98 Å². The number of hydrogen-bond donors (Lipinski definition) is 1. The summed E-state index contributed by atoms with van der Waals surface area (Å²) in [5.74, 6) is 0.826.